The van der Waals surface area contributed by atoms with Gasteiger partial charge in [0.1, 0.15) is 0 Å². The molecular weight excluding hydrogens is 370 g/mol. The molecule has 0 saturated carbocycles. The average Bonchev–Trinajstić information content (AvgIpc) is 3.47. The highest BCUT2D eigenvalue weighted by Gasteiger charge is 2.16. The van der Waals surface area contributed by atoms with Crippen molar-refractivity contribution in [2.75, 3.05) is 12.3 Å². The molecule has 29 heavy (non-hydrogen) atoms. The summed E-state index contributed by atoms with van der Waals surface area (Å²) in [4.78, 5) is 8.91. The van der Waals surface area contributed by atoms with Gasteiger partial charge in [-0.2, -0.15) is 14.6 Å². The van der Waals surface area contributed by atoms with Crippen molar-refractivity contribution in [2.24, 2.45) is 0 Å². The minimum absolute atomic E-state index is 0.231. The zero-order valence-corrected chi connectivity index (χ0v) is 15.6. The molecule has 0 spiro atoms. The fourth-order valence-corrected chi connectivity index (χ4v) is 3.17. The largest absolute Gasteiger partial charge is 0.461 e. The zero-order valence-electron chi connectivity index (χ0n) is 15.6. The number of fused-ring (bicyclic) bond motifs is 3. The van der Waals surface area contributed by atoms with Crippen molar-refractivity contribution in [3.63, 3.8) is 0 Å². The summed E-state index contributed by atoms with van der Waals surface area (Å²) < 4.78 is 14.5. The van der Waals surface area contributed by atoms with Crippen molar-refractivity contribution in [1.29, 1.82) is 0 Å². The molecule has 0 aliphatic carbocycles. The minimum Gasteiger partial charge on any atom is -0.461 e. The van der Waals surface area contributed by atoms with Crippen LogP contribution < -0.4 is 5.73 Å². The first-order valence-electron chi connectivity index (χ1n) is 9.33. The fourth-order valence-electron chi connectivity index (χ4n) is 3.17. The number of furan rings is 1. The Balaban J connectivity index is 1.31. The number of benzene rings is 1. The summed E-state index contributed by atoms with van der Waals surface area (Å²) in [6, 6.07) is 13.7. The summed E-state index contributed by atoms with van der Waals surface area (Å²) in [5, 5.41) is 9.70. The molecule has 0 fully saturated rings. The molecule has 0 aliphatic heterocycles. The Morgan fingerprint density at radius 2 is 1.93 bits per heavy atom. The van der Waals surface area contributed by atoms with Crippen LogP contribution in [0.3, 0.4) is 0 Å². The van der Waals surface area contributed by atoms with Gasteiger partial charge in [-0.25, -0.2) is 4.98 Å². The summed E-state index contributed by atoms with van der Waals surface area (Å²) in [7, 11) is 0. The second-order valence-corrected chi connectivity index (χ2v) is 6.64. The lowest BCUT2D eigenvalue weighted by atomic mass is 10.2. The molecule has 4 heterocycles. The van der Waals surface area contributed by atoms with Crippen molar-refractivity contribution in [1.82, 2.24) is 29.4 Å². The molecule has 0 bridgehead atoms. The van der Waals surface area contributed by atoms with Gasteiger partial charge in [0.2, 0.25) is 11.8 Å². The van der Waals surface area contributed by atoms with Crippen molar-refractivity contribution in [3.05, 3.63) is 60.5 Å². The van der Waals surface area contributed by atoms with Gasteiger partial charge in [0, 0.05) is 19.3 Å². The number of aromatic nitrogens is 6. The molecule has 0 aliphatic rings. The molecule has 5 rings (SSSR count). The van der Waals surface area contributed by atoms with Crippen LogP contribution in [0.5, 0.6) is 0 Å². The van der Waals surface area contributed by atoms with E-state index in [1.54, 1.807) is 18.4 Å². The van der Waals surface area contributed by atoms with E-state index in [4.69, 9.17) is 14.9 Å². The van der Waals surface area contributed by atoms with Gasteiger partial charge in [-0.1, -0.05) is 30.3 Å². The molecule has 0 unspecified atom stereocenters. The van der Waals surface area contributed by atoms with E-state index in [0.717, 1.165) is 11.8 Å². The highest BCUT2D eigenvalue weighted by atomic mass is 16.5. The number of ether oxygens (including phenoxy) is 1. The van der Waals surface area contributed by atoms with E-state index < -0.39 is 0 Å². The lowest BCUT2D eigenvalue weighted by Gasteiger charge is -2.04. The van der Waals surface area contributed by atoms with Crippen LogP contribution in [0.2, 0.25) is 0 Å². The second-order valence-electron chi connectivity index (χ2n) is 6.64. The quantitative estimate of drug-likeness (QED) is 0.426. The maximum absolute atomic E-state index is 6.04. The minimum atomic E-state index is 0.231. The number of nitrogens with zero attached hydrogens (tertiary/aromatic N) is 6. The molecule has 5 aromatic rings. The van der Waals surface area contributed by atoms with Crippen molar-refractivity contribution >= 4 is 22.6 Å². The summed E-state index contributed by atoms with van der Waals surface area (Å²) in [5.41, 5.74) is 8.35. The van der Waals surface area contributed by atoms with Gasteiger partial charge in [0.25, 0.3) is 0 Å². The summed E-state index contributed by atoms with van der Waals surface area (Å²) in [6.07, 6.45) is 4.32. The number of aryl methyl sites for hydroxylation is 1. The van der Waals surface area contributed by atoms with Crippen LogP contribution in [-0.4, -0.2) is 36.0 Å². The van der Waals surface area contributed by atoms with E-state index in [2.05, 4.69) is 32.3 Å². The lowest BCUT2D eigenvalue weighted by Crippen LogP contribution is -2.04. The molecular formula is C20H19N7O2. The van der Waals surface area contributed by atoms with Crippen molar-refractivity contribution < 1.29 is 9.15 Å². The first-order chi connectivity index (χ1) is 14.3. The molecule has 0 atom stereocenters. The Morgan fingerprint density at radius 1 is 1.03 bits per heavy atom. The average molecular weight is 389 g/mol. The normalized spacial score (nSPS) is 11.6. The van der Waals surface area contributed by atoms with Gasteiger partial charge >= 0.3 is 0 Å². The molecule has 146 valence electrons. The smallest absolute Gasteiger partial charge is 0.225 e. The Hall–Kier alpha value is -3.72. The first kappa shape index (κ1) is 17.4. The third-order valence-corrected chi connectivity index (χ3v) is 4.56. The molecule has 2 N–H and O–H groups in total. The summed E-state index contributed by atoms with van der Waals surface area (Å²) in [5.74, 6) is 1.26. The van der Waals surface area contributed by atoms with Crippen molar-refractivity contribution in [2.45, 2.75) is 19.6 Å². The molecule has 1 aromatic carbocycles. The van der Waals surface area contributed by atoms with E-state index in [0.29, 0.717) is 42.6 Å². The van der Waals surface area contributed by atoms with Gasteiger partial charge in [-0.15, -0.1) is 5.10 Å². The van der Waals surface area contributed by atoms with E-state index in [-0.39, 0.29) is 5.95 Å². The maximum Gasteiger partial charge on any atom is 0.225 e. The van der Waals surface area contributed by atoms with Crippen molar-refractivity contribution in [3.8, 4) is 11.6 Å². The van der Waals surface area contributed by atoms with Crippen LogP contribution in [0.15, 0.2) is 59.3 Å². The number of nitrogen functional groups attached to an aromatic ring is 1. The predicted molar refractivity (Wildman–Crippen MR) is 107 cm³/mol. The van der Waals surface area contributed by atoms with Gasteiger partial charge in [0.05, 0.1) is 18.3 Å². The van der Waals surface area contributed by atoms with Gasteiger partial charge in [0.15, 0.2) is 17.1 Å². The second kappa shape index (κ2) is 7.36. The molecule has 4 aromatic heterocycles. The predicted octanol–water partition coefficient (Wildman–Crippen LogP) is 2.92. The van der Waals surface area contributed by atoms with Crippen LogP contribution in [0, 0.1) is 0 Å². The fraction of sp³-hybridized carbons (Fsp3) is 0.200. The van der Waals surface area contributed by atoms with Crippen LogP contribution in [0.1, 0.15) is 12.0 Å². The summed E-state index contributed by atoms with van der Waals surface area (Å²) in [6.45, 7) is 1.95. The number of nitrogens with two attached hydrogens (primary N) is 1. The molecule has 0 radical (unpaired) electrons. The topological polar surface area (TPSA) is 109 Å². The third-order valence-electron chi connectivity index (χ3n) is 4.56. The first-order valence-corrected chi connectivity index (χ1v) is 9.33. The van der Waals surface area contributed by atoms with E-state index in [1.807, 2.05) is 29.1 Å². The van der Waals surface area contributed by atoms with Crippen LogP contribution in [0.4, 0.5) is 5.95 Å². The van der Waals surface area contributed by atoms with Gasteiger partial charge in [-0.3, -0.25) is 4.68 Å². The van der Waals surface area contributed by atoms with E-state index in [9.17, 15) is 0 Å². The number of hydrogen-bond acceptors (Lipinski definition) is 7. The van der Waals surface area contributed by atoms with E-state index in [1.165, 1.54) is 10.1 Å². The number of rotatable bonds is 7. The monoisotopic (exact) mass is 389 g/mol. The Morgan fingerprint density at radius 3 is 2.76 bits per heavy atom. The van der Waals surface area contributed by atoms with Crippen LogP contribution >= 0.6 is 0 Å². The lowest BCUT2D eigenvalue weighted by molar-refractivity contribution is 0.115. The standard InChI is InChI=1S/C20H19N7O2/c21-20-23-17-15(19-22-18(25-27(19)20)16-8-4-11-29-16)12-26(24-17)9-5-10-28-13-14-6-2-1-3-7-14/h1-4,6-8,11-12H,5,9-10,13H2,(H2,21,23,24). The highest BCUT2D eigenvalue weighted by molar-refractivity contribution is 5.90. The molecule has 0 saturated heterocycles. The van der Waals surface area contributed by atoms with Gasteiger partial charge in [-0.05, 0) is 24.1 Å². The van der Waals surface area contributed by atoms with E-state index >= 15 is 0 Å². The van der Waals surface area contributed by atoms with Gasteiger partial charge < -0.3 is 14.9 Å². The Labute approximate surface area is 165 Å². The molecule has 0 amide bonds. The van der Waals surface area contributed by atoms with Crippen LogP contribution in [-0.2, 0) is 17.9 Å². The molecule has 9 nitrogen and oxygen atoms in total. The number of hydrogen-bond donors (Lipinski definition) is 1. The molecule has 9 heteroatoms. The zero-order chi connectivity index (χ0) is 19.6. The Bertz CT molecular complexity index is 1240. The van der Waals surface area contributed by atoms with Crippen LogP contribution in [0.25, 0.3) is 28.3 Å². The highest BCUT2D eigenvalue weighted by Crippen LogP contribution is 2.23. The maximum atomic E-state index is 6.04. The third kappa shape index (κ3) is 3.43. The number of anilines is 1. The SMILES string of the molecule is Nc1nc2nn(CCCOCc3ccccc3)cc2c2nc(-c3ccco3)nn12. The summed E-state index contributed by atoms with van der Waals surface area (Å²) >= 11 is 0. The Kier molecular flexibility index (Phi) is 4.41.